The molecular formula is C19H36IN5O2. The van der Waals surface area contributed by atoms with Crippen LogP contribution < -0.4 is 10.6 Å². The fourth-order valence-electron chi connectivity index (χ4n) is 2.96. The van der Waals surface area contributed by atoms with Gasteiger partial charge in [0.2, 0.25) is 0 Å². The highest BCUT2D eigenvalue weighted by Gasteiger charge is 2.20. The van der Waals surface area contributed by atoms with Crippen molar-refractivity contribution in [2.75, 3.05) is 33.3 Å². The highest BCUT2D eigenvalue weighted by molar-refractivity contribution is 14.0. The molecule has 7 nitrogen and oxygen atoms in total. The number of aromatic nitrogens is 1. The third kappa shape index (κ3) is 8.78. The molecule has 0 unspecified atom stereocenters. The van der Waals surface area contributed by atoms with E-state index in [1.807, 2.05) is 6.07 Å². The monoisotopic (exact) mass is 493 g/mol. The van der Waals surface area contributed by atoms with Crippen LogP contribution in [0, 0.1) is 0 Å². The second kappa shape index (κ2) is 12.6. The van der Waals surface area contributed by atoms with E-state index < -0.39 is 0 Å². The van der Waals surface area contributed by atoms with Crippen LogP contribution in [0.3, 0.4) is 0 Å². The van der Waals surface area contributed by atoms with Crippen LogP contribution in [0.25, 0.3) is 0 Å². The van der Waals surface area contributed by atoms with E-state index in [2.05, 4.69) is 53.4 Å². The van der Waals surface area contributed by atoms with E-state index >= 15 is 0 Å². The third-order valence-electron chi connectivity index (χ3n) is 4.61. The minimum absolute atomic E-state index is 0. The summed E-state index contributed by atoms with van der Waals surface area (Å²) in [6, 6.07) is 2.45. The number of aliphatic imine (C=N–C) groups is 1. The molecule has 8 heteroatoms. The lowest BCUT2D eigenvalue weighted by molar-refractivity contribution is 0.0532. The fraction of sp³-hybridized carbons (Fsp3) is 0.789. The quantitative estimate of drug-likeness (QED) is 0.330. The fourth-order valence-corrected chi connectivity index (χ4v) is 2.96. The number of nitrogens with one attached hydrogen (secondary N) is 2. The Morgan fingerprint density at radius 2 is 2.04 bits per heavy atom. The maximum absolute atomic E-state index is 5.64. The largest absolute Gasteiger partial charge is 0.377 e. The summed E-state index contributed by atoms with van der Waals surface area (Å²) in [6.07, 6.45) is 2.54. The Kier molecular flexibility index (Phi) is 11.2. The van der Waals surface area contributed by atoms with Crippen LogP contribution in [0.1, 0.15) is 57.9 Å². The first-order valence-corrected chi connectivity index (χ1v) is 9.74. The van der Waals surface area contributed by atoms with E-state index in [4.69, 9.17) is 9.26 Å². The minimum atomic E-state index is 0. The van der Waals surface area contributed by atoms with Gasteiger partial charge in [-0.05, 0) is 32.6 Å². The normalized spacial score (nSPS) is 16.6. The highest BCUT2D eigenvalue weighted by Crippen LogP contribution is 2.14. The van der Waals surface area contributed by atoms with E-state index in [1.165, 1.54) is 0 Å². The molecule has 0 amide bonds. The molecule has 1 aliphatic heterocycles. The lowest BCUT2D eigenvalue weighted by Gasteiger charge is -2.33. The zero-order chi connectivity index (χ0) is 18.9. The summed E-state index contributed by atoms with van der Waals surface area (Å²) in [5, 5.41) is 10.9. The number of hydrogen-bond donors (Lipinski definition) is 2. The van der Waals surface area contributed by atoms with Gasteiger partial charge in [-0.3, -0.25) is 4.99 Å². The maximum Gasteiger partial charge on any atom is 0.191 e. The van der Waals surface area contributed by atoms with E-state index in [1.54, 1.807) is 7.05 Å². The van der Waals surface area contributed by atoms with Crippen LogP contribution in [0.2, 0.25) is 0 Å². The van der Waals surface area contributed by atoms with Crippen LogP contribution in [0.4, 0.5) is 0 Å². The molecule has 1 aliphatic rings. The summed E-state index contributed by atoms with van der Waals surface area (Å²) in [5.74, 6) is 2.02. The van der Waals surface area contributed by atoms with Crippen molar-refractivity contribution >= 4 is 29.9 Å². The van der Waals surface area contributed by atoms with E-state index in [-0.39, 0.29) is 24.0 Å². The van der Waals surface area contributed by atoms with Gasteiger partial charge in [0.25, 0.3) is 0 Å². The highest BCUT2D eigenvalue weighted by atomic mass is 127. The van der Waals surface area contributed by atoms with Crippen LogP contribution in [0.5, 0.6) is 0 Å². The number of likely N-dealkylation sites (tertiary alicyclic amines) is 1. The van der Waals surface area contributed by atoms with E-state index in [0.717, 1.165) is 56.5 Å². The molecule has 0 aromatic carbocycles. The maximum atomic E-state index is 5.64. The van der Waals surface area contributed by atoms with Gasteiger partial charge in [-0.1, -0.05) is 19.0 Å². The Balaban J connectivity index is 0.00000364. The van der Waals surface area contributed by atoms with Gasteiger partial charge in [0.1, 0.15) is 0 Å². The Bertz CT molecular complexity index is 554. The van der Waals surface area contributed by atoms with Crippen molar-refractivity contribution in [2.24, 2.45) is 4.99 Å². The van der Waals surface area contributed by atoms with Crippen molar-refractivity contribution < 1.29 is 9.26 Å². The molecule has 1 aromatic heterocycles. The second-order valence-electron chi connectivity index (χ2n) is 7.48. The average molecular weight is 493 g/mol. The number of piperidine rings is 1. The molecule has 0 saturated carbocycles. The van der Waals surface area contributed by atoms with Gasteiger partial charge >= 0.3 is 0 Å². The Hall–Kier alpha value is -0.870. The van der Waals surface area contributed by atoms with Gasteiger partial charge in [0, 0.05) is 38.8 Å². The Morgan fingerprint density at radius 1 is 1.33 bits per heavy atom. The first kappa shape index (κ1) is 24.2. The van der Waals surface area contributed by atoms with Crippen LogP contribution in [-0.2, 0) is 11.3 Å². The predicted molar refractivity (Wildman–Crippen MR) is 120 cm³/mol. The van der Waals surface area contributed by atoms with Crippen LogP contribution in [0.15, 0.2) is 15.6 Å². The summed E-state index contributed by atoms with van der Waals surface area (Å²) >= 11 is 0. The van der Waals surface area contributed by atoms with Crippen molar-refractivity contribution in [1.82, 2.24) is 20.7 Å². The molecule has 1 aromatic rings. The van der Waals surface area contributed by atoms with Gasteiger partial charge in [-0.25, -0.2) is 0 Å². The number of hydrogen-bond acceptors (Lipinski definition) is 5. The first-order valence-electron chi connectivity index (χ1n) is 9.74. The molecule has 0 radical (unpaired) electrons. The van der Waals surface area contributed by atoms with E-state index in [9.17, 15) is 0 Å². The number of rotatable bonds is 8. The number of halogens is 1. The lowest BCUT2D eigenvalue weighted by Crippen LogP contribution is -2.48. The second-order valence-corrected chi connectivity index (χ2v) is 7.48. The molecule has 2 heterocycles. The SMILES string of the molecule is CN=C(NCc1cc(C(C)C)no1)NC1CCN(CCOC(C)C)CC1.I. The molecule has 1 fully saturated rings. The molecule has 1 saturated heterocycles. The predicted octanol–water partition coefficient (Wildman–Crippen LogP) is 2.97. The first-order chi connectivity index (χ1) is 12.5. The number of guanidine groups is 1. The smallest absolute Gasteiger partial charge is 0.191 e. The Labute approximate surface area is 180 Å². The van der Waals surface area contributed by atoms with Gasteiger partial charge < -0.3 is 24.8 Å². The van der Waals surface area contributed by atoms with Crippen LogP contribution >= 0.6 is 24.0 Å². The van der Waals surface area contributed by atoms with Gasteiger partial charge in [0.05, 0.1) is 24.9 Å². The molecule has 2 rings (SSSR count). The number of nitrogens with zero attached hydrogens (tertiary/aromatic N) is 3. The van der Waals surface area contributed by atoms with Gasteiger partial charge in [0.15, 0.2) is 11.7 Å². The van der Waals surface area contributed by atoms with Crippen molar-refractivity contribution in [3.8, 4) is 0 Å². The molecule has 0 bridgehead atoms. The summed E-state index contributed by atoms with van der Waals surface area (Å²) < 4.78 is 11.0. The molecular weight excluding hydrogens is 457 g/mol. The standard InChI is InChI=1S/C19H35N5O2.HI/c1-14(2)18-12-17(26-23-18)13-21-19(20-5)22-16-6-8-24(9-7-16)10-11-25-15(3)4;/h12,14-16H,6-11,13H2,1-5H3,(H2,20,21,22);1H. The third-order valence-corrected chi connectivity index (χ3v) is 4.61. The average Bonchev–Trinajstić information content (AvgIpc) is 3.09. The van der Waals surface area contributed by atoms with Crippen molar-refractivity contribution in [3.05, 3.63) is 17.5 Å². The summed E-state index contributed by atoms with van der Waals surface area (Å²) in [4.78, 5) is 6.80. The lowest BCUT2D eigenvalue weighted by atomic mass is 10.1. The van der Waals surface area contributed by atoms with Crippen molar-refractivity contribution in [3.63, 3.8) is 0 Å². The van der Waals surface area contributed by atoms with Gasteiger partial charge in [-0.15, -0.1) is 24.0 Å². The minimum Gasteiger partial charge on any atom is -0.377 e. The molecule has 2 N–H and O–H groups in total. The zero-order valence-corrected chi connectivity index (χ0v) is 19.7. The summed E-state index contributed by atoms with van der Waals surface area (Å²) in [6.45, 7) is 13.0. The van der Waals surface area contributed by atoms with Crippen molar-refractivity contribution in [2.45, 2.75) is 65.1 Å². The zero-order valence-electron chi connectivity index (χ0n) is 17.3. The summed E-state index contributed by atoms with van der Waals surface area (Å²) in [5.41, 5.74) is 0.985. The molecule has 0 spiro atoms. The molecule has 27 heavy (non-hydrogen) atoms. The molecule has 0 atom stereocenters. The van der Waals surface area contributed by atoms with E-state index in [0.29, 0.717) is 24.6 Å². The molecule has 156 valence electrons. The van der Waals surface area contributed by atoms with Crippen LogP contribution in [-0.4, -0.2) is 61.5 Å². The van der Waals surface area contributed by atoms with Crippen molar-refractivity contribution in [1.29, 1.82) is 0 Å². The van der Waals surface area contributed by atoms with Gasteiger partial charge in [-0.2, -0.15) is 0 Å². The number of ether oxygens (including phenoxy) is 1. The molecule has 0 aliphatic carbocycles. The topological polar surface area (TPSA) is 74.9 Å². The summed E-state index contributed by atoms with van der Waals surface area (Å²) in [7, 11) is 1.80. The Morgan fingerprint density at radius 3 is 2.59 bits per heavy atom.